The third-order valence-electron chi connectivity index (χ3n) is 2.60. The number of rotatable bonds is 7. The number of hydrogen-bond donors (Lipinski definition) is 2. The van der Waals surface area contributed by atoms with Crippen LogP contribution < -0.4 is 11.1 Å². The van der Waals surface area contributed by atoms with Crippen LogP contribution in [0, 0.1) is 0 Å². The Morgan fingerprint density at radius 1 is 1.22 bits per heavy atom. The zero-order valence-electron chi connectivity index (χ0n) is 10.7. The van der Waals surface area contributed by atoms with Crippen molar-refractivity contribution in [2.75, 3.05) is 6.54 Å². The smallest absolute Gasteiger partial charge is 0.220 e. The maximum atomic E-state index is 11.7. The van der Waals surface area contributed by atoms with Crippen LogP contribution >= 0.6 is 0 Å². The second-order valence-electron chi connectivity index (χ2n) is 4.41. The molecule has 0 heterocycles. The van der Waals surface area contributed by atoms with Crippen LogP contribution in [0.4, 0.5) is 0 Å². The molecule has 0 aliphatic heterocycles. The minimum Gasteiger partial charge on any atom is -0.356 e. The summed E-state index contributed by atoms with van der Waals surface area (Å²) in [7, 11) is 0. The first kappa shape index (κ1) is 14.4. The number of nitrogens with two attached hydrogens (primary N) is 1. The van der Waals surface area contributed by atoms with Crippen molar-refractivity contribution in [3.8, 4) is 0 Å². The van der Waals surface area contributed by atoms with E-state index < -0.39 is 0 Å². The lowest BCUT2D eigenvalue weighted by Gasteiger charge is -2.07. The summed E-state index contributed by atoms with van der Waals surface area (Å²) < 4.78 is 0. The molecule has 1 amide bonds. The lowest BCUT2D eigenvalue weighted by molar-refractivity contribution is -0.121. The molecule has 0 saturated heterocycles. The van der Waals surface area contributed by atoms with Gasteiger partial charge in [0.15, 0.2) is 5.78 Å². The monoisotopic (exact) mass is 248 g/mol. The van der Waals surface area contributed by atoms with Crippen LogP contribution in [0.5, 0.6) is 0 Å². The van der Waals surface area contributed by atoms with Gasteiger partial charge in [0.2, 0.25) is 5.91 Å². The van der Waals surface area contributed by atoms with Crippen LogP contribution in [-0.4, -0.2) is 24.3 Å². The molecule has 0 radical (unpaired) electrons. The number of benzene rings is 1. The largest absolute Gasteiger partial charge is 0.356 e. The topological polar surface area (TPSA) is 72.2 Å². The first-order valence-corrected chi connectivity index (χ1v) is 6.20. The summed E-state index contributed by atoms with van der Waals surface area (Å²) in [6.07, 6.45) is 1.22. The number of carbonyl (C=O) groups is 2. The van der Waals surface area contributed by atoms with E-state index in [2.05, 4.69) is 5.32 Å². The molecule has 1 unspecified atom stereocenters. The van der Waals surface area contributed by atoms with Gasteiger partial charge in [-0.1, -0.05) is 30.3 Å². The van der Waals surface area contributed by atoms with Crippen LogP contribution in [-0.2, 0) is 4.79 Å². The van der Waals surface area contributed by atoms with Crippen molar-refractivity contribution in [3.05, 3.63) is 35.9 Å². The van der Waals surface area contributed by atoms with Crippen molar-refractivity contribution in [2.24, 2.45) is 5.73 Å². The summed E-state index contributed by atoms with van der Waals surface area (Å²) in [5.74, 6) is -0.0992. The Hall–Kier alpha value is -1.68. The Bertz CT molecular complexity index is 388. The predicted octanol–water partition coefficient (Wildman–Crippen LogP) is 1.50. The average Bonchev–Trinajstić information content (AvgIpc) is 2.36. The van der Waals surface area contributed by atoms with Crippen LogP contribution in [0.1, 0.15) is 36.5 Å². The summed E-state index contributed by atoms with van der Waals surface area (Å²) in [5.41, 5.74) is 6.22. The van der Waals surface area contributed by atoms with Crippen molar-refractivity contribution < 1.29 is 9.59 Å². The van der Waals surface area contributed by atoms with Gasteiger partial charge in [0.05, 0.1) is 0 Å². The molecule has 1 aromatic carbocycles. The number of ketones is 1. The van der Waals surface area contributed by atoms with Gasteiger partial charge in [0.25, 0.3) is 0 Å². The standard InChI is InChI=1S/C14H20N2O2/c1-11(15)9-10-16-14(18)8-7-13(17)12-5-3-2-4-6-12/h2-6,11H,7-10,15H2,1H3,(H,16,18). The average molecular weight is 248 g/mol. The van der Waals surface area contributed by atoms with E-state index in [1.165, 1.54) is 0 Å². The number of carbonyl (C=O) groups excluding carboxylic acids is 2. The van der Waals surface area contributed by atoms with Gasteiger partial charge >= 0.3 is 0 Å². The molecule has 18 heavy (non-hydrogen) atoms. The molecular formula is C14H20N2O2. The Kier molecular flexibility index (Phi) is 6.08. The molecule has 1 aromatic rings. The van der Waals surface area contributed by atoms with Crippen LogP contribution in [0.3, 0.4) is 0 Å². The highest BCUT2D eigenvalue weighted by Gasteiger charge is 2.08. The molecule has 4 heteroatoms. The molecule has 0 saturated carbocycles. The minimum atomic E-state index is -0.0973. The molecule has 0 spiro atoms. The van der Waals surface area contributed by atoms with Crippen LogP contribution in [0.2, 0.25) is 0 Å². The van der Waals surface area contributed by atoms with Crippen molar-refractivity contribution in [3.63, 3.8) is 0 Å². The quantitative estimate of drug-likeness (QED) is 0.718. The van der Waals surface area contributed by atoms with Crippen molar-refractivity contribution in [1.29, 1.82) is 0 Å². The molecule has 3 N–H and O–H groups in total. The lowest BCUT2D eigenvalue weighted by Crippen LogP contribution is -2.29. The fourth-order valence-electron chi connectivity index (χ4n) is 1.52. The second-order valence-corrected chi connectivity index (χ2v) is 4.41. The molecule has 0 aliphatic rings. The maximum absolute atomic E-state index is 11.7. The second kappa shape index (κ2) is 7.61. The van der Waals surface area contributed by atoms with Crippen molar-refractivity contribution in [2.45, 2.75) is 32.2 Å². The Labute approximate surface area is 108 Å². The highest BCUT2D eigenvalue weighted by atomic mass is 16.2. The van der Waals surface area contributed by atoms with Gasteiger partial charge in [-0.05, 0) is 13.3 Å². The molecule has 0 fully saturated rings. The normalized spacial score (nSPS) is 11.9. The zero-order valence-corrected chi connectivity index (χ0v) is 10.7. The summed E-state index contributed by atoms with van der Waals surface area (Å²) in [6.45, 7) is 2.46. The lowest BCUT2D eigenvalue weighted by atomic mass is 10.1. The van der Waals surface area contributed by atoms with E-state index in [-0.39, 0.29) is 30.6 Å². The number of Topliss-reactive ketones (excluding diaryl/α,β-unsaturated/α-hetero) is 1. The highest BCUT2D eigenvalue weighted by Crippen LogP contribution is 2.04. The summed E-state index contributed by atoms with van der Waals surface area (Å²) in [5, 5.41) is 2.75. The van der Waals surface area contributed by atoms with Gasteiger partial charge in [-0.3, -0.25) is 9.59 Å². The molecule has 0 bridgehead atoms. The fraction of sp³-hybridized carbons (Fsp3) is 0.429. The van der Waals surface area contributed by atoms with E-state index in [4.69, 9.17) is 5.73 Å². The van der Waals surface area contributed by atoms with Crippen LogP contribution in [0.25, 0.3) is 0 Å². The van der Waals surface area contributed by atoms with Crippen LogP contribution in [0.15, 0.2) is 30.3 Å². The van der Waals surface area contributed by atoms with E-state index in [1.807, 2.05) is 25.1 Å². The summed E-state index contributed by atoms with van der Waals surface area (Å²) >= 11 is 0. The van der Waals surface area contributed by atoms with E-state index in [1.54, 1.807) is 12.1 Å². The van der Waals surface area contributed by atoms with Crippen molar-refractivity contribution >= 4 is 11.7 Å². The third-order valence-corrected chi connectivity index (χ3v) is 2.60. The molecule has 1 rings (SSSR count). The number of amides is 1. The molecule has 0 aliphatic carbocycles. The summed E-state index contributed by atoms with van der Waals surface area (Å²) in [6, 6.07) is 9.09. The van der Waals surface area contributed by atoms with E-state index in [9.17, 15) is 9.59 Å². The molecule has 98 valence electrons. The first-order valence-electron chi connectivity index (χ1n) is 6.20. The van der Waals surface area contributed by atoms with Gasteiger partial charge in [-0.25, -0.2) is 0 Å². The molecular weight excluding hydrogens is 228 g/mol. The van der Waals surface area contributed by atoms with E-state index >= 15 is 0 Å². The Morgan fingerprint density at radius 3 is 2.50 bits per heavy atom. The third kappa shape index (κ3) is 5.59. The Balaban J connectivity index is 2.24. The molecule has 4 nitrogen and oxygen atoms in total. The highest BCUT2D eigenvalue weighted by molar-refractivity contribution is 5.97. The molecule has 0 aromatic heterocycles. The van der Waals surface area contributed by atoms with Gasteiger partial charge < -0.3 is 11.1 Å². The number of nitrogens with one attached hydrogen (secondary N) is 1. The van der Waals surface area contributed by atoms with E-state index in [0.29, 0.717) is 12.1 Å². The van der Waals surface area contributed by atoms with Gasteiger partial charge in [-0.15, -0.1) is 0 Å². The maximum Gasteiger partial charge on any atom is 0.220 e. The minimum absolute atomic E-state index is 0.00190. The molecule has 1 atom stereocenters. The SMILES string of the molecule is CC(N)CCNC(=O)CCC(=O)c1ccccc1. The van der Waals surface area contributed by atoms with Gasteiger partial charge in [-0.2, -0.15) is 0 Å². The van der Waals surface area contributed by atoms with Gasteiger partial charge in [0.1, 0.15) is 0 Å². The van der Waals surface area contributed by atoms with Gasteiger partial charge in [0, 0.05) is 31.0 Å². The zero-order chi connectivity index (χ0) is 13.4. The van der Waals surface area contributed by atoms with E-state index in [0.717, 1.165) is 6.42 Å². The first-order chi connectivity index (χ1) is 8.59. The van der Waals surface area contributed by atoms with Crippen molar-refractivity contribution in [1.82, 2.24) is 5.32 Å². The summed E-state index contributed by atoms with van der Waals surface area (Å²) in [4.78, 5) is 23.2. The predicted molar refractivity (Wildman–Crippen MR) is 71.3 cm³/mol. The number of hydrogen-bond acceptors (Lipinski definition) is 3. The Morgan fingerprint density at radius 2 is 1.89 bits per heavy atom. The fourth-order valence-corrected chi connectivity index (χ4v) is 1.52.